The van der Waals surface area contributed by atoms with E-state index in [-0.39, 0.29) is 37.9 Å². The number of aromatic amines is 1. The largest absolute Gasteiger partial charge is 0.461 e. The summed E-state index contributed by atoms with van der Waals surface area (Å²) >= 11 is 5.98. The third kappa shape index (κ3) is 13.0. The van der Waals surface area contributed by atoms with Crippen molar-refractivity contribution in [2.75, 3.05) is 13.2 Å². The van der Waals surface area contributed by atoms with Gasteiger partial charge in [0.2, 0.25) is 11.4 Å². The second kappa shape index (κ2) is 21.5. The molecule has 2 aromatic carbocycles. The molecular formula is C34H33BrN8O6S2. The number of ether oxygens (including phenoxy) is 2. The van der Waals surface area contributed by atoms with Crippen molar-refractivity contribution < 1.29 is 28.7 Å². The number of hydrogen-bond donors (Lipinski definition) is 1. The maximum absolute atomic E-state index is 12.2. The number of carbonyl (C=O) groups is 2. The fourth-order valence-corrected chi connectivity index (χ4v) is 5.46. The molecule has 0 saturated carbocycles. The van der Waals surface area contributed by atoms with Crippen LogP contribution in [0, 0.1) is 0 Å². The number of halogens is 1. The van der Waals surface area contributed by atoms with Crippen LogP contribution in [0.3, 0.4) is 0 Å². The Morgan fingerprint density at radius 2 is 1.35 bits per heavy atom. The van der Waals surface area contributed by atoms with E-state index < -0.39 is 11.9 Å². The summed E-state index contributed by atoms with van der Waals surface area (Å²) in [5.74, 6) is -1.12. The Bertz CT molecular complexity index is 1920. The topological polar surface area (TPSA) is 168 Å². The quantitative estimate of drug-likeness (QED) is 0.0763. The Balaban J connectivity index is 0.000000203. The zero-order valence-corrected chi connectivity index (χ0v) is 30.7. The summed E-state index contributed by atoms with van der Waals surface area (Å²) in [7, 11) is 0. The van der Waals surface area contributed by atoms with Crippen LogP contribution in [0.15, 0.2) is 123 Å². The smallest absolute Gasteiger partial charge is 0.362 e. The van der Waals surface area contributed by atoms with E-state index in [1.165, 1.54) is 22.7 Å². The summed E-state index contributed by atoms with van der Waals surface area (Å²) in [6.45, 7) is 4.50. The normalized spacial score (nSPS) is 11.0. The molecule has 0 spiro atoms. The Morgan fingerprint density at radius 3 is 1.78 bits per heavy atom. The standard InChI is InChI=1S/C17H16N4O3S.C14H13BrN2O3S.C3H4N2/c1-2-23-16(22)15(20-24-10-13-6-4-3-5-7-13)14-11-25-17(19-14)21-9-8-18-12-21;1-2-19-13(18)12(11-9-21-14(15)16-11)17-20-8-10-6-4-3-5-7-10;1-2-5-3-4-1/h3-9,11-12H,2,10H2,1H3;3-7,9H,2,8H2,1H3;1-3H,(H,4,5)/b;17-12-;. The molecule has 6 aromatic rings. The molecule has 0 unspecified atom stereocenters. The Kier molecular flexibility index (Phi) is 16.2. The molecule has 0 radical (unpaired) electrons. The number of nitrogens with zero attached hydrogens (tertiary/aromatic N) is 7. The first kappa shape index (κ1) is 38.3. The molecule has 14 nitrogen and oxygen atoms in total. The second-order valence-electron chi connectivity index (χ2n) is 9.57. The SMILES string of the molecule is CCOC(=O)/C(=N\OCc1ccccc1)c1csc(Br)n1.CCOC(=O)C(=NOCc1ccccc1)c1csc(-n2ccnc2)n1.c1c[nH]cn1. The van der Waals surface area contributed by atoms with E-state index in [1.807, 2.05) is 60.7 Å². The first-order valence-corrected chi connectivity index (χ1v) is 17.8. The fourth-order valence-electron chi connectivity index (χ4n) is 3.71. The van der Waals surface area contributed by atoms with Gasteiger partial charge in [0.1, 0.15) is 30.9 Å². The molecule has 0 atom stereocenters. The minimum absolute atomic E-state index is 0.0420. The highest BCUT2D eigenvalue weighted by atomic mass is 79.9. The highest BCUT2D eigenvalue weighted by Crippen LogP contribution is 2.18. The predicted octanol–water partition coefficient (Wildman–Crippen LogP) is 6.61. The van der Waals surface area contributed by atoms with Crippen LogP contribution >= 0.6 is 38.6 Å². The zero-order chi connectivity index (χ0) is 36.1. The van der Waals surface area contributed by atoms with Crippen LogP contribution in [0.5, 0.6) is 0 Å². The number of hydrogen-bond acceptors (Lipinski definition) is 14. The number of rotatable bonds is 13. The molecule has 17 heteroatoms. The van der Waals surface area contributed by atoms with Gasteiger partial charge >= 0.3 is 11.9 Å². The fraction of sp³-hybridized carbons (Fsp3) is 0.176. The van der Waals surface area contributed by atoms with Crippen molar-refractivity contribution >= 4 is 62.0 Å². The molecule has 0 aliphatic carbocycles. The Hall–Kier alpha value is -5.52. The summed E-state index contributed by atoms with van der Waals surface area (Å²) in [5.41, 5.74) is 2.85. The predicted molar refractivity (Wildman–Crippen MR) is 196 cm³/mol. The first-order valence-electron chi connectivity index (χ1n) is 15.3. The van der Waals surface area contributed by atoms with Crippen LogP contribution in [0.2, 0.25) is 0 Å². The molecule has 0 bridgehead atoms. The molecule has 6 rings (SSSR count). The van der Waals surface area contributed by atoms with E-state index >= 15 is 0 Å². The summed E-state index contributed by atoms with van der Waals surface area (Å²) in [6.07, 6.45) is 10.1. The van der Waals surface area contributed by atoms with Gasteiger partial charge < -0.3 is 24.1 Å². The minimum Gasteiger partial charge on any atom is -0.461 e. The van der Waals surface area contributed by atoms with Gasteiger partial charge in [0.25, 0.3) is 0 Å². The van der Waals surface area contributed by atoms with Crippen LogP contribution in [0.1, 0.15) is 36.4 Å². The average Bonchev–Trinajstić information content (AvgIpc) is 4.00. The zero-order valence-electron chi connectivity index (χ0n) is 27.5. The minimum atomic E-state index is -0.571. The molecule has 4 heterocycles. The van der Waals surface area contributed by atoms with E-state index in [1.54, 1.807) is 66.6 Å². The summed E-state index contributed by atoms with van der Waals surface area (Å²) in [6, 6.07) is 19.1. The number of nitrogens with one attached hydrogen (secondary N) is 1. The van der Waals surface area contributed by atoms with Crippen molar-refractivity contribution in [1.82, 2.24) is 29.5 Å². The third-order valence-corrected chi connectivity index (χ3v) is 8.20. The number of aromatic nitrogens is 6. The molecule has 0 fully saturated rings. The van der Waals surface area contributed by atoms with E-state index in [4.69, 9.17) is 19.1 Å². The molecule has 0 aliphatic heterocycles. The van der Waals surface area contributed by atoms with E-state index in [0.717, 1.165) is 11.1 Å². The van der Waals surface area contributed by atoms with Crippen LogP contribution in [-0.2, 0) is 42.0 Å². The number of H-pyrrole nitrogens is 1. The van der Waals surface area contributed by atoms with Crippen LogP contribution in [0.4, 0.5) is 0 Å². The number of oxime groups is 2. The van der Waals surface area contributed by atoms with Crippen molar-refractivity contribution in [1.29, 1.82) is 0 Å². The van der Waals surface area contributed by atoms with Gasteiger partial charge in [-0.15, -0.1) is 22.7 Å². The lowest BCUT2D eigenvalue weighted by atomic mass is 10.2. The Morgan fingerprint density at radius 1 is 0.784 bits per heavy atom. The van der Waals surface area contributed by atoms with E-state index in [2.05, 4.69) is 51.2 Å². The molecule has 0 saturated heterocycles. The van der Waals surface area contributed by atoms with Crippen molar-refractivity contribution in [2.24, 2.45) is 10.3 Å². The first-order chi connectivity index (χ1) is 25.0. The lowest BCUT2D eigenvalue weighted by molar-refractivity contribution is -0.136. The third-order valence-electron chi connectivity index (χ3n) is 5.98. The number of benzene rings is 2. The average molecular weight is 794 g/mol. The Labute approximate surface area is 310 Å². The lowest BCUT2D eigenvalue weighted by Crippen LogP contribution is -2.20. The van der Waals surface area contributed by atoms with Gasteiger partial charge in [0, 0.05) is 35.5 Å². The summed E-state index contributed by atoms with van der Waals surface area (Å²) in [5, 5.41) is 12.0. The monoisotopic (exact) mass is 792 g/mol. The summed E-state index contributed by atoms with van der Waals surface area (Å²) < 4.78 is 12.4. The van der Waals surface area contributed by atoms with E-state index in [9.17, 15) is 9.59 Å². The van der Waals surface area contributed by atoms with Gasteiger partial charge in [0.05, 0.1) is 19.5 Å². The second-order valence-corrected chi connectivity index (χ2v) is 12.5. The maximum atomic E-state index is 12.2. The van der Waals surface area contributed by atoms with Gasteiger partial charge in [-0.1, -0.05) is 71.0 Å². The molecule has 51 heavy (non-hydrogen) atoms. The van der Waals surface area contributed by atoms with Gasteiger partial charge in [0.15, 0.2) is 9.05 Å². The molecule has 264 valence electrons. The molecule has 1 N–H and O–H groups in total. The highest BCUT2D eigenvalue weighted by Gasteiger charge is 2.21. The molecule has 0 aliphatic rings. The highest BCUT2D eigenvalue weighted by molar-refractivity contribution is 9.11. The van der Waals surface area contributed by atoms with Gasteiger partial charge in [-0.05, 0) is 40.9 Å². The molecule has 0 amide bonds. The van der Waals surface area contributed by atoms with E-state index in [0.29, 0.717) is 20.4 Å². The lowest BCUT2D eigenvalue weighted by Gasteiger charge is -2.04. The van der Waals surface area contributed by atoms with Crippen molar-refractivity contribution in [3.8, 4) is 5.13 Å². The van der Waals surface area contributed by atoms with Gasteiger partial charge in [-0.3, -0.25) is 4.57 Å². The number of esters is 2. The van der Waals surface area contributed by atoms with Gasteiger partial charge in [-0.2, -0.15) is 0 Å². The summed E-state index contributed by atoms with van der Waals surface area (Å²) in [4.78, 5) is 53.7. The van der Waals surface area contributed by atoms with Crippen LogP contribution in [-0.4, -0.2) is 66.1 Å². The molecule has 4 aromatic heterocycles. The molecular weight excluding hydrogens is 760 g/mol. The van der Waals surface area contributed by atoms with Crippen molar-refractivity contribution in [2.45, 2.75) is 27.1 Å². The number of thiazole rings is 2. The van der Waals surface area contributed by atoms with Crippen molar-refractivity contribution in [3.63, 3.8) is 0 Å². The van der Waals surface area contributed by atoms with Crippen molar-refractivity contribution in [3.05, 3.63) is 135 Å². The van der Waals surface area contributed by atoms with Crippen LogP contribution < -0.4 is 0 Å². The number of carbonyl (C=O) groups excluding carboxylic acids is 2. The van der Waals surface area contributed by atoms with Gasteiger partial charge in [-0.25, -0.2) is 29.5 Å². The van der Waals surface area contributed by atoms with Crippen LogP contribution in [0.25, 0.3) is 5.13 Å². The maximum Gasteiger partial charge on any atom is 0.362 e. The number of imidazole rings is 2.